The average Bonchev–Trinajstić information content (AvgIpc) is 3.39. The third-order valence-corrected chi connectivity index (χ3v) is 8.33. The SMILES string of the molecule is CCN1CC[C@@H](C2Cc3c(Nc4ccc5scnc5c4)ccnc3S2)[C@@H]1C. The Kier molecular flexibility index (Phi) is 4.58. The molecule has 2 aliphatic heterocycles. The van der Waals surface area contributed by atoms with Gasteiger partial charge in [-0.25, -0.2) is 9.97 Å². The zero-order chi connectivity index (χ0) is 18.4. The highest BCUT2D eigenvalue weighted by molar-refractivity contribution is 8.00. The molecule has 6 heteroatoms. The molecule has 0 radical (unpaired) electrons. The Labute approximate surface area is 168 Å². The highest BCUT2D eigenvalue weighted by Gasteiger charge is 2.39. The van der Waals surface area contributed by atoms with Gasteiger partial charge in [-0.15, -0.1) is 23.1 Å². The van der Waals surface area contributed by atoms with Gasteiger partial charge in [0.2, 0.25) is 0 Å². The van der Waals surface area contributed by atoms with Crippen LogP contribution >= 0.6 is 23.1 Å². The molecule has 1 fully saturated rings. The molecule has 4 nitrogen and oxygen atoms in total. The predicted octanol–water partition coefficient (Wildman–Crippen LogP) is 5.18. The lowest BCUT2D eigenvalue weighted by molar-refractivity contribution is 0.252. The minimum absolute atomic E-state index is 0.642. The largest absolute Gasteiger partial charge is 0.355 e. The second-order valence-electron chi connectivity index (χ2n) is 7.48. The molecule has 0 bridgehead atoms. The molecule has 27 heavy (non-hydrogen) atoms. The Bertz CT molecular complexity index is 970. The van der Waals surface area contributed by atoms with Crippen LogP contribution < -0.4 is 5.32 Å². The van der Waals surface area contributed by atoms with Crippen LogP contribution in [0, 0.1) is 5.92 Å². The summed E-state index contributed by atoms with van der Waals surface area (Å²) in [5, 5.41) is 5.48. The molecule has 1 aromatic carbocycles. The van der Waals surface area contributed by atoms with Crippen LogP contribution in [0.3, 0.4) is 0 Å². The molecule has 3 aromatic rings. The minimum atomic E-state index is 0.642. The van der Waals surface area contributed by atoms with E-state index in [1.54, 1.807) is 11.3 Å². The summed E-state index contributed by atoms with van der Waals surface area (Å²) < 4.78 is 1.23. The summed E-state index contributed by atoms with van der Waals surface area (Å²) in [6.07, 6.45) is 4.36. The molecule has 0 saturated carbocycles. The summed E-state index contributed by atoms with van der Waals surface area (Å²) >= 11 is 3.67. The number of thiazole rings is 1. The second-order valence-corrected chi connectivity index (χ2v) is 9.60. The van der Waals surface area contributed by atoms with E-state index in [9.17, 15) is 0 Å². The van der Waals surface area contributed by atoms with Crippen molar-refractivity contribution in [1.29, 1.82) is 0 Å². The van der Waals surface area contributed by atoms with E-state index < -0.39 is 0 Å². The van der Waals surface area contributed by atoms with Gasteiger partial charge in [-0.05, 0) is 63.0 Å². The Morgan fingerprint density at radius 3 is 3.04 bits per heavy atom. The van der Waals surface area contributed by atoms with Crippen LogP contribution in [0.5, 0.6) is 0 Å². The van der Waals surface area contributed by atoms with Crippen LogP contribution in [0.2, 0.25) is 0 Å². The first-order valence-electron chi connectivity index (χ1n) is 9.72. The molecule has 0 aliphatic carbocycles. The predicted molar refractivity (Wildman–Crippen MR) is 115 cm³/mol. The van der Waals surface area contributed by atoms with Crippen molar-refractivity contribution in [3.8, 4) is 0 Å². The second kappa shape index (κ2) is 7.08. The fourth-order valence-electron chi connectivity index (χ4n) is 4.58. The van der Waals surface area contributed by atoms with Gasteiger partial charge in [0.1, 0.15) is 5.03 Å². The van der Waals surface area contributed by atoms with Crippen LogP contribution in [-0.2, 0) is 6.42 Å². The van der Waals surface area contributed by atoms with Crippen molar-refractivity contribution in [3.05, 3.63) is 41.5 Å². The number of hydrogen-bond donors (Lipinski definition) is 1. The number of aromatic nitrogens is 2. The van der Waals surface area contributed by atoms with Crippen LogP contribution in [-0.4, -0.2) is 39.2 Å². The standard InChI is InChI=1S/C21H24N4S2/c1-3-25-9-7-15(13(25)2)20-11-16-17(6-8-22-21(16)27-20)24-14-4-5-19-18(10-14)23-12-26-19/h4-6,8,10,12-13,15,20H,3,7,9,11H2,1-2H3,(H,22,24)/t13-,15+,20?/m0/s1. The lowest BCUT2D eigenvalue weighted by Crippen LogP contribution is -2.33. The van der Waals surface area contributed by atoms with Crippen molar-refractivity contribution in [1.82, 2.24) is 14.9 Å². The van der Waals surface area contributed by atoms with Gasteiger partial charge >= 0.3 is 0 Å². The van der Waals surface area contributed by atoms with Crippen LogP contribution in [0.1, 0.15) is 25.8 Å². The maximum Gasteiger partial charge on any atom is 0.102 e. The molecule has 1 N–H and O–H groups in total. The normalized spacial score (nSPS) is 25.2. The van der Waals surface area contributed by atoms with E-state index in [1.807, 2.05) is 23.5 Å². The molecular weight excluding hydrogens is 372 g/mol. The molecule has 0 amide bonds. The quantitative estimate of drug-likeness (QED) is 0.658. The summed E-state index contributed by atoms with van der Waals surface area (Å²) in [6, 6.07) is 9.21. The molecule has 140 valence electrons. The first kappa shape index (κ1) is 17.5. The Morgan fingerprint density at radius 1 is 1.26 bits per heavy atom. The number of nitrogens with one attached hydrogen (secondary N) is 1. The van der Waals surface area contributed by atoms with E-state index >= 15 is 0 Å². The summed E-state index contributed by atoms with van der Waals surface area (Å²) in [5.74, 6) is 0.753. The van der Waals surface area contributed by atoms with Gasteiger partial charge in [-0.2, -0.15) is 0 Å². The number of hydrogen-bond acceptors (Lipinski definition) is 6. The lowest BCUT2D eigenvalue weighted by Gasteiger charge is -2.26. The molecule has 0 spiro atoms. The van der Waals surface area contributed by atoms with Gasteiger partial charge in [0.15, 0.2) is 0 Å². The molecule has 1 unspecified atom stereocenters. The summed E-state index contributed by atoms with van der Waals surface area (Å²) in [6.45, 7) is 7.08. The zero-order valence-corrected chi connectivity index (χ0v) is 17.3. The number of rotatable bonds is 4. The fraction of sp³-hybridized carbons (Fsp3) is 0.429. The monoisotopic (exact) mass is 396 g/mol. The number of nitrogens with zero attached hydrogens (tertiary/aromatic N) is 3. The van der Waals surface area contributed by atoms with E-state index in [4.69, 9.17) is 0 Å². The number of fused-ring (bicyclic) bond motifs is 2. The summed E-state index contributed by atoms with van der Waals surface area (Å²) in [5.41, 5.74) is 6.64. The first-order chi connectivity index (χ1) is 13.2. The molecule has 1 saturated heterocycles. The van der Waals surface area contributed by atoms with Crippen molar-refractivity contribution in [3.63, 3.8) is 0 Å². The van der Waals surface area contributed by atoms with Crippen molar-refractivity contribution in [2.45, 2.75) is 43.0 Å². The molecule has 4 heterocycles. The Morgan fingerprint density at radius 2 is 2.19 bits per heavy atom. The molecular formula is C21H24N4S2. The van der Waals surface area contributed by atoms with Gasteiger partial charge < -0.3 is 10.2 Å². The Balaban J connectivity index is 1.38. The third kappa shape index (κ3) is 3.13. The molecule has 5 rings (SSSR count). The Hall–Kier alpha value is -1.63. The van der Waals surface area contributed by atoms with E-state index in [-0.39, 0.29) is 0 Å². The smallest absolute Gasteiger partial charge is 0.102 e. The van der Waals surface area contributed by atoms with Crippen molar-refractivity contribution < 1.29 is 0 Å². The number of anilines is 2. The molecule has 2 aliphatic rings. The summed E-state index contributed by atoms with van der Waals surface area (Å²) in [7, 11) is 0. The zero-order valence-electron chi connectivity index (χ0n) is 15.7. The molecule has 2 aromatic heterocycles. The van der Waals surface area contributed by atoms with Crippen molar-refractivity contribution >= 4 is 44.7 Å². The summed E-state index contributed by atoms with van der Waals surface area (Å²) in [4.78, 5) is 11.7. The van der Waals surface area contributed by atoms with E-state index in [2.05, 4.69) is 58.3 Å². The first-order valence-corrected chi connectivity index (χ1v) is 11.5. The van der Waals surface area contributed by atoms with Crippen molar-refractivity contribution in [2.75, 3.05) is 18.4 Å². The van der Waals surface area contributed by atoms with Crippen molar-refractivity contribution in [2.24, 2.45) is 5.92 Å². The molecule has 3 atom stereocenters. The van der Waals surface area contributed by atoms with Gasteiger partial charge in [-0.3, -0.25) is 0 Å². The maximum absolute atomic E-state index is 4.69. The van der Waals surface area contributed by atoms with Gasteiger partial charge in [-0.1, -0.05) is 6.92 Å². The number of thioether (sulfide) groups is 1. The number of benzene rings is 1. The third-order valence-electron chi connectivity index (χ3n) is 6.12. The highest BCUT2D eigenvalue weighted by Crippen LogP contribution is 2.46. The van der Waals surface area contributed by atoms with Gasteiger partial charge in [0.05, 0.1) is 15.7 Å². The van der Waals surface area contributed by atoms with Crippen LogP contribution in [0.4, 0.5) is 11.4 Å². The lowest BCUT2D eigenvalue weighted by atomic mass is 9.93. The van der Waals surface area contributed by atoms with Crippen LogP contribution in [0.25, 0.3) is 10.2 Å². The van der Waals surface area contributed by atoms with Gasteiger partial charge in [0.25, 0.3) is 0 Å². The number of likely N-dealkylation sites (tertiary alicyclic amines) is 1. The van der Waals surface area contributed by atoms with Gasteiger partial charge in [0, 0.05) is 34.4 Å². The minimum Gasteiger partial charge on any atom is -0.355 e. The van der Waals surface area contributed by atoms with Crippen LogP contribution in [0.15, 0.2) is 41.0 Å². The van der Waals surface area contributed by atoms with E-state index in [1.165, 1.54) is 33.9 Å². The van der Waals surface area contributed by atoms with E-state index in [0.29, 0.717) is 11.3 Å². The maximum atomic E-state index is 4.69. The topological polar surface area (TPSA) is 41.0 Å². The fourth-order valence-corrected chi connectivity index (χ4v) is 6.77. The average molecular weight is 397 g/mol. The highest BCUT2D eigenvalue weighted by atomic mass is 32.2. The van der Waals surface area contributed by atoms with E-state index in [0.717, 1.165) is 30.1 Å². The number of pyridine rings is 1.